The molecule has 1 aliphatic rings. The third-order valence-corrected chi connectivity index (χ3v) is 5.44. The number of rotatable bonds is 4. The van der Waals surface area contributed by atoms with Gasteiger partial charge in [0.2, 0.25) is 0 Å². The third-order valence-electron chi connectivity index (χ3n) is 5.22. The molecule has 0 saturated heterocycles. The zero-order chi connectivity index (χ0) is 19.5. The van der Waals surface area contributed by atoms with E-state index in [1.165, 1.54) is 0 Å². The van der Waals surface area contributed by atoms with Crippen LogP contribution >= 0.6 is 11.6 Å². The molecule has 4 nitrogen and oxygen atoms in total. The predicted octanol–water partition coefficient (Wildman–Crippen LogP) is 4.88. The normalized spacial score (nSPS) is 19.5. The van der Waals surface area contributed by atoms with Crippen LogP contribution in [0.4, 0.5) is 4.39 Å². The van der Waals surface area contributed by atoms with Crippen LogP contribution in [0.3, 0.4) is 0 Å². The van der Waals surface area contributed by atoms with Gasteiger partial charge in [0, 0.05) is 11.6 Å². The summed E-state index contributed by atoms with van der Waals surface area (Å²) in [5.74, 6) is -0.323. The van der Waals surface area contributed by atoms with Gasteiger partial charge in [-0.15, -0.1) is 0 Å². The van der Waals surface area contributed by atoms with Crippen LogP contribution in [-0.4, -0.2) is 28.1 Å². The van der Waals surface area contributed by atoms with Gasteiger partial charge in [0.1, 0.15) is 17.0 Å². The molecule has 3 aromatic rings. The number of carbonyl (C=O) groups excluding carboxylic acids is 1. The lowest BCUT2D eigenvalue weighted by Gasteiger charge is -2.26. The fourth-order valence-corrected chi connectivity index (χ4v) is 3.84. The molecule has 2 unspecified atom stereocenters. The first kappa shape index (κ1) is 18.8. The van der Waals surface area contributed by atoms with E-state index in [1.54, 1.807) is 18.3 Å². The Labute approximate surface area is 168 Å². The number of fused-ring (bicyclic) bond motifs is 1. The number of carbonyl (C=O) groups is 1. The number of aromatic nitrogens is 2. The molecule has 2 heterocycles. The first-order valence-corrected chi connectivity index (χ1v) is 9.92. The number of alkyl halides is 1. The van der Waals surface area contributed by atoms with Gasteiger partial charge in [-0.1, -0.05) is 48.7 Å². The SMILES string of the molecule is O=C(NC1CCCCC1F)c1cc(Cc2ccc(Cl)nc2)c2ccccc2n1. The van der Waals surface area contributed by atoms with E-state index >= 15 is 0 Å². The van der Waals surface area contributed by atoms with E-state index in [-0.39, 0.29) is 5.91 Å². The lowest BCUT2D eigenvalue weighted by atomic mass is 9.93. The molecule has 0 spiro atoms. The molecule has 28 heavy (non-hydrogen) atoms. The molecule has 1 fully saturated rings. The zero-order valence-electron chi connectivity index (χ0n) is 15.4. The van der Waals surface area contributed by atoms with Gasteiger partial charge in [-0.05, 0) is 48.6 Å². The van der Waals surface area contributed by atoms with Crippen LogP contribution in [0.25, 0.3) is 10.9 Å². The summed E-state index contributed by atoms with van der Waals surface area (Å²) >= 11 is 5.88. The highest BCUT2D eigenvalue weighted by atomic mass is 35.5. The summed E-state index contributed by atoms with van der Waals surface area (Å²) in [5.41, 5.74) is 3.02. The summed E-state index contributed by atoms with van der Waals surface area (Å²) in [6.45, 7) is 0. The minimum Gasteiger partial charge on any atom is -0.345 e. The average Bonchev–Trinajstić information content (AvgIpc) is 2.71. The molecule has 4 rings (SSSR count). The van der Waals surface area contributed by atoms with Crippen LogP contribution < -0.4 is 5.32 Å². The van der Waals surface area contributed by atoms with Crippen LogP contribution in [0.1, 0.15) is 47.3 Å². The highest BCUT2D eigenvalue weighted by Gasteiger charge is 2.27. The van der Waals surface area contributed by atoms with Gasteiger partial charge in [-0.25, -0.2) is 14.4 Å². The van der Waals surface area contributed by atoms with E-state index in [1.807, 2.05) is 30.3 Å². The molecule has 1 amide bonds. The maximum Gasteiger partial charge on any atom is 0.270 e. The Morgan fingerprint density at radius 3 is 2.79 bits per heavy atom. The molecule has 2 aromatic heterocycles. The maximum atomic E-state index is 14.1. The molecule has 0 radical (unpaired) electrons. The number of benzene rings is 1. The molecule has 2 atom stereocenters. The summed E-state index contributed by atoms with van der Waals surface area (Å²) in [6, 6.07) is 12.7. The Hall–Kier alpha value is -2.53. The van der Waals surface area contributed by atoms with E-state index in [2.05, 4.69) is 15.3 Å². The fraction of sp³-hybridized carbons (Fsp3) is 0.318. The minimum atomic E-state index is -0.988. The van der Waals surface area contributed by atoms with Gasteiger partial charge in [-0.3, -0.25) is 4.79 Å². The van der Waals surface area contributed by atoms with Gasteiger partial charge in [-0.2, -0.15) is 0 Å². The summed E-state index contributed by atoms with van der Waals surface area (Å²) in [6.07, 6.45) is 4.33. The molecule has 144 valence electrons. The van der Waals surface area contributed by atoms with Crippen LogP contribution in [0, 0.1) is 0 Å². The van der Waals surface area contributed by atoms with Crippen molar-refractivity contribution in [1.82, 2.24) is 15.3 Å². The standard InChI is InChI=1S/C22H21ClFN3O/c23-21-10-9-14(13-25-21)11-15-12-20(26-18-7-3-1-5-16(15)18)22(28)27-19-8-4-2-6-17(19)24/h1,3,5,7,9-10,12-13,17,19H,2,4,6,8,11H2,(H,27,28). The Morgan fingerprint density at radius 2 is 2.00 bits per heavy atom. The first-order chi connectivity index (χ1) is 13.6. The third kappa shape index (κ3) is 4.14. The minimum absolute atomic E-state index is 0.313. The van der Waals surface area contributed by atoms with Crippen LogP contribution in [0.15, 0.2) is 48.7 Å². The van der Waals surface area contributed by atoms with Crippen molar-refractivity contribution in [3.8, 4) is 0 Å². The highest BCUT2D eigenvalue weighted by Crippen LogP contribution is 2.24. The second-order valence-electron chi connectivity index (χ2n) is 7.23. The van der Waals surface area contributed by atoms with Gasteiger partial charge in [0.15, 0.2) is 0 Å². The largest absolute Gasteiger partial charge is 0.345 e. The van der Waals surface area contributed by atoms with Crippen LogP contribution in [-0.2, 0) is 6.42 Å². The van der Waals surface area contributed by atoms with Crippen molar-refractivity contribution in [2.45, 2.75) is 44.3 Å². The highest BCUT2D eigenvalue weighted by molar-refractivity contribution is 6.29. The number of nitrogens with one attached hydrogen (secondary N) is 1. The number of para-hydroxylation sites is 1. The first-order valence-electron chi connectivity index (χ1n) is 9.54. The molecule has 6 heteroatoms. The van der Waals surface area contributed by atoms with E-state index in [0.717, 1.165) is 34.9 Å². The summed E-state index contributed by atoms with van der Waals surface area (Å²) in [7, 11) is 0. The van der Waals surface area contributed by atoms with Crippen molar-refractivity contribution in [3.63, 3.8) is 0 Å². The van der Waals surface area contributed by atoms with E-state index in [0.29, 0.717) is 30.1 Å². The van der Waals surface area contributed by atoms with Gasteiger partial charge in [0.05, 0.1) is 11.6 Å². The predicted molar refractivity (Wildman–Crippen MR) is 108 cm³/mol. The van der Waals surface area contributed by atoms with E-state index < -0.39 is 12.2 Å². The van der Waals surface area contributed by atoms with Crippen molar-refractivity contribution in [2.24, 2.45) is 0 Å². The topological polar surface area (TPSA) is 54.9 Å². The number of halogens is 2. The number of nitrogens with zero attached hydrogens (tertiary/aromatic N) is 2. The molecule has 0 bridgehead atoms. The van der Waals surface area contributed by atoms with Gasteiger partial charge < -0.3 is 5.32 Å². The van der Waals surface area contributed by atoms with Gasteiger partial charge >= 0.3 is 0 Å². The maximum absolute atomic E-state index is 14.1. The lowest BCUT2D eigenvalue weighted by molar-refractivity contribution is 0.0879. The Bertz CT molecular complexity index is 993. The van der Waals surface area contributed by atoms with Crippen LogP contribution in [0.5, 0.6) is 0 Å². The van der Waals surface area contributed by atoms with Crippen molar-refractivity contribution < 1.29 is 9.18 Å². The molecule has 1 saturated carbocycles. The molecular formula is C22H21ClFN3O. The smallest absolute Gasteiger partial charge is 0.270 e. The molecule has 1 aliphatic carbocycles. The summed E-state index contributed by atoms with van der Waals surface area (Å²) in [4.78, 5) is 21.4. The Balaban J connectivity index is 1.65. The van der Waals surface area contributed by atoms with Crippen molar-refractivity contribution in [2.75, 3.05) is 0 Å². The summed E-state index contributed by atoms with van der Waals surface area (Å²) < 4.78 is 14.1. The zero-order valence-corrected chi connectivity index (χ0v) is 16.1. The monoisotopic (exact) mass is 397 g/mol. The number of hydrogen-bond donors (Lipinski definition) is 1. The lowest BCUT2D eigenvalue weighted by Crippen LogP contribution is -2.43. The van der Waals surface area contributed by atoms with E-state index in [9.17, 15) is 9.18 Å². The van der Waals surface area contributed by atoms with Gasteiger partial charge in [0.25, 0.3) is 5.91 Å². The molecular weight excluding hydrogens is 377 g/mol. The number of pyridine rings is 2. The second-order valence-corrected chi connectivity index (χ2v) is 7.62. The quantitative estimate of drug-likeness (QED) is 0.638. The van der Waals surface area contributed by atoms with Crippen molar-refractivity contribution >= 4 is 28.4 Å². The van der Waals surface area contributed by atoms with Crippen molar-refractivity contribution in [1.29, 1.82) is 0 Å². The number of hydrogen-bond acceptors (Lipinski definition) is 3. The number of amides is 1. The van der Waals surface area contributed by atoms with Crippen molar-refractivity contribution in [3.05, 3.63) is 70.6 Å². The Kier molecular flexibility index (Phi) is 5.53. The fourth-order valence-electron chi connectivity index (χ4n) is 3.73. The van der Waals surface area contributed by atoms with Crippen LogP contribution in [0.2, 0.25) is 5.15 Å². The molecule has 1 aromatic carbocycles. The summed E-state index contributed by atoms with van der Waals surface area (Å²) in [5, 5.41) is 4.26. The second kappa shape index (κ2) is 8.23. The molecule has 1 N–H and O–H groups in total. The Morgan fingerprint density at radius 1 is 1.18 bits per heavy atom. The average molecular weight is 398 g/mol. The molecule has 0 aliphatic heterocycles. The van der Waals surface area contributed by atoms with E-state index in [4.69, 9.17) is 11.6 Å².